The summed E-state index contributed by atoms with van der Waals surface area (Å²) >= 11 is 0. The van der Waals surface area contributed by atoms with Gasteiger partial charge in [0.2, 0.25) is 0 Å². The zero-order valence-corrected chi connectivity index (χ0v) is 19.6. The molecular weight excluding hydrogens is 483 g/mol. The maximum atomic E-state index is 12.7. The lowest BCUT2D eigenvalue weighted by Gasteiger charge is -2.37. The molecule has 3 rings (SSSR count). The maximum Gasteiger partial charge on any atom is 0.471 e. The molecular formula is C25H24F3NO5S. The Labute approximate surface area is 201 Å². The molecule has 0 aliphatic carbocycles. The molecule has 0 bridgehead atoms. The molecule has 3 aromatic rings. The number of nitrogens with one attached hydrogen (secondary N) is 1. The zero-order chi connectivity index (χ0) is 25.5. The predicted molar refractivity (Wildman–Crippen MR) is 124 cm³/mol. The minimum absolute atomic E-state index is 0.454. The third kappa shape index (κ3) is 6.91. The van der Waals surface area contributed by atoms with Crippen molar-refractivity contribution in [3.63, 3.8) is 0 Å². The van der Waals surface area contributed by atoms with Crippen molar-refractivity contribution in [2.45, 2.75) is 17.9 Å². The highest BCUT2D eigenvalue weighted by molar-refractivity contribution is 7.86. The maximum absolute atomic E-state index is 12.7. The van der Waals surface area contributed by atoms with Gasteiger partial charge in [-0.2, -0.15) is 21.6 Å². The molecule has 6 nitrogen and oxygen atoms in total. The number of carbonyl (C=O) groups is 1. The Balaban J connectivity index is 2.03. The zero-order valence-electron chi connectivity index (χ0n) is 18.7. The third-order valence-corrected chi connectivity index (χ3v) is 5.71. The van der Waals surface area contributed by atoms with Gasteiger partial charge in [-0.1, -0.05) is 91.0 Å². The van der Waals surface area contributed by atoms with Crippen LogP contribution in [-0.2, 0) is 29.4 Å². The van der Waals surface area contributed by atoms with Crippen molar-refractivity contribution >= 4 is 16.0 Å². The number of benzene rings is 3. The van der Waals surface area contributed by atoms with Crippen LogP contribution < -0.4 is 5.32 Å². The second kappa shape index (κ2) is 11.0. The summed E-state index contributed by atoms with van der Waals surface area (Å²) in [7, 11) is -4.08. The lowest BCUT2D eigenvalue weighted by molar-refractivity contribution is -0.174. The minimum atomic E-state index is -5.13. The van der Waals surface area contributed by atoms with Crippen LogP contribution in [0.25, 0.3) is 0 Å². The van der Waals surface area contributed by atoms with Crippen LogP contribution in [0.1, 0.15) is 16.7 Å². The van der Waals surface area contributed by atoms with Crippen molar-refractivity contribution < 1.29 is 35.3 Å². The summed E-state index contributed by atoms with van der Waals surface area (Å²) in [6.07, 6.45) is -5.78. The molecule has 0 saturated carbocycles. The lowest BCUT2D eigenvalue weighted by atomic mass is 9.80. The van der Waals surface area contributed by atoms with Gasteiger partial charge in [0.15, 0.2) is 0 Å². The number of halogens is 3. The van der Waals surface area contributed by atoms with Crippen LogP contribution in [-0.4, -0.2) is 46.0 Å². The van der Waals surface area contributed by atoms with Gasteiger partial charge in [0.05, 0.1) is 12.9 Å². The smallest absolute Gasteiger partial charge is 0.358 e. The van der Waals surface area contributed by atoms with E-state index in [2.05, 4.69) is 0 Å². The third-order valence-electron chi connectivity index (χ3n) is 5.09. The normalized spacial score (nSPS) is 13.3. The van der Waals surface area contributed by atoms with Gasteiger partial charge in [0.25, 0.3) is 10.1 Å². The number of amides is 1. The van der Waals surface area contributed by atoms with Gasteiger partial charge in [-0.3, -0.25) is 8.98 Å². The van der Waals surface area contributed by atoms with Crippen LogP contribution in [0, 0.1) is 0 Å². The Morgan fingerprint density at radius 2 is 1.23 bits per heavy atom. The molecule has 186 valence electrons. The van der Waals surface area contributed by atoms with Crippen LogP contribution in [0.5, 0.6) is 0 Å². The van der Waals surface area contributed by atoms with Gasteiger partial charge in [-0.15, -0.1) is 0 Å². The Kier molecular flexibility index (Phi) is 8.31. The lowest BCUT2D eigenvalue weighted by Crippen LogP contribution is -2.45. The first-order valence-corrected chi connectivity index (χ1v) is 12.4. The highest BCUT2D eigenvalue weighted by atomic mass is 32.2. The Morgan fingerprint density at radius 3 is 1.57 bits per heavy atom. The SMILES string of the molecule is CS(=O)(=O)O[C@@H](CNC(=O)C(F)(F)F)COC(c1ccccc1)(c1ccccc1)c1ccccc1. The van der Waals surface area contributed by atoms with Gasteiger partial charge >= 0.3 is 12.1 Å². The summed E-state index contributed by atoms with van der Waals surface area (Å²) in [6, 6.07) is 27.3. The molecule has 0 aliphatic rings. The number of ether oxygens (including phenoxy) is 1. The molecule has 0 aliphatic heterocycles. The molecule has 0 radical (unpaired) electrons. The first-order valence-electron chi connectivity index (χ1n) is 10.6. The average molecular weight is 508 g/mol. The molecule has 0 fully saturated rings. The van der Waals surface area contributed by atoms with Crippen LogP contribution in [0.4, 0.5) is 13.2 Å². The summed E-state index contributed by atoms with van der Waals surface area (Å²) in [5.74, 6) is -2.21. The molecule has 0 aromatic heterocycles. The number of hydrogen-bond donors (Lipinski definition) is 1. The van der Waals surface area contributed by atoms with Crippen molar-refractivity contribution in [1.29, 1.82) is 0 Å². The molecule has 0 saturated heterocycles. The highest BCUT2D eigenvalue weighted by Gasteiger charge is 2.40. The first kappa shape index (κ1) is 26.4. The summed E-state index contributed by atoms with van der Waals surface area (Å²) in [5, 5.41) is 1.67. The highest BCUT2D eigenvalue weighted by Crippen LogP contribution is 2.40. The standard InChI is InChI=1S/C25H24F3NO5S/c1-35(31,32)34-22(17-29-23(30)25(26,27)28)18-33-24(19-11-5-2-6-12-19,20-13-7-3-8-14-20)21-15-9-4-10-16-21/h2-16,22H,17-18H2,1H3,(H,29,30)/t22-/m0/s1. The van der Waals surface area contributed by atoms with E-state index in [4.69, 9.17) is 8.92 Å². The fourth-order valence-corrected chi connectivity index (χ4v) is 4.28. The van der Waals surface area contributed by atoms with Crippen molar-refractivity contribution in [3.8, 4) is 0 Å². The van der Waals surface area contributed by atoms with Crippen LogP contribution in [0.3, 0.4) is 0 Å². The van der Waals surface area contributed by atoms with Crippen LogP contribution >= 0.6 is 0 Å². The van der Waals surface area contributed by atoms with Crippen molar-refractivity contribution in [2.75, 3.05) is 19.4 Å². The summed E-state index contributed by atoms with van der Waals surface area (Å²) < 4.78 is 73.0. The van der Waals surface area contributed by atoms with Gasteiger partial charge < -0.3 is 10.1 Å². The molecule has 10 heteroatoms. The fraction of sp³-hybridized carbons (Fsp3) is 0.240. The molecule has 0 spiro atoms. The number of rotatable bonds is 10. The van der Waals surface area contributed by atoms with Gasteiger partial charge in [-0.25, -0.2) is 0 Å². The molecule has 35 heavy (non-hydrogen) atoms. The average Bonchev–Trinajstić information content (AvgIpc) is 2.83. The molecule has 3 aromatic carbocycles. The summed E-state index contributed by atoms with van der Waals surface area (Å²) in [6.45, 7) is -1.19. The second-order valence-electron chi connectivity index (χ2n) is 7.72. The summed E-state index contributed by atoms with van der Waals surface area (Å²) in [4.78, 5) is 11.3. The van der Waals surface area contributed by atoms with Gasteiger partial charge in [0.1, 0.15) is 11.7 Å². The molecule has 1 atom stereocenters. The van der Waals surface area contributed by atoms with E-state index in [0.29, 0.717) is 16.7 Å². The summed E-state index contributed by atoms with van der Waals surface area (Å²) in [5.41, 5.74) is 0.858. The molecule has 0 unspecified atom stereocenters. The van der Waals surface area contributed by atoms with E-state index < -0.39 is 47.1 Å². The van der Waals surface area contributed by atoms with Crippen molar-refractivity contribution in [1.82, 2.24) is 5.32 Å². The first-order chi connectivity index (χ1) is 16.5. The van der Waals surface area contributed by atoms with E-state index >= 15 is 0 Å². The van der Waals surface area contributed by atoms with E-state index in [1.54, 1.807) is 5.32 Å². The number of carbonyl (C=O) groups excluding carboxylic acids is 1. The van der Waals surface area contributed by atoms with Crippen LogP contribution in [0.15, 0.2) is 91.0 Å². The largest absolute Gasteiger partial charge is 0.471 e. The molecule has 1 amide bonds. The Morgan fingerprint density at radius 1 is 0.829 bits per heavy atom. The molecule has 1 N–H and O–H groups in total. The quantitative estimate of drug-likeness (QED) is 0.331. The predicted octanol–water partition coefficient (Wildman–Crippen LogP) is 4.02. The van der Waals surface area contributed by atoms with Crippen LogP contribution in [0.2, 0.25) is 0 Å². The van der Waals surface area contributed by atoms with E-state index in [1.165, 1.54) is 0 Å². The minimum Gasteiger partial charge on any atom is -0.358 e. The number of hydrogen-bond acceptors (Lipinski definition) is 5. The Bertz CT molecular complexity index is 1110. The van der Waals surface area contributed by atoms with Gasteiger partial charge in [0, 0.05) is 6.54 Å². The topological polar surface area (TPSA) is 81.7 Å². The van der Waals surface area contributed by atoms with Crippen molar-refractivity contribution in [2.24, 2.45) is 0 Å². The van der Waals surface area contributed by atoms with Gasteiger partial charge in [-0.05, 0) is 16.7 Å². The number of alkyl halides is 3. The van der Waals surface area contributed by atoms with E-state index in [-0.39, 0.29) is 0 Å². The Hall–Kier alpha value is -3.21. The second-order valence-corrected chi connectivity index (χ2v) is 9.32. The fourth-order valence-electron chi connectivity index (χ4n) is 3.66. The van der Waals surface area contributed by atoms with E-state index in [9.17, 15) is 26.4 Å². The van der Waals surface area contributed by atoms with E-state index in [1.807, 2.05) is 91.0 Å². The van der Waals surface area contributed by atoms with Crippen molar-refractivity contribution in [3.05, 3.63) is 108 Å². The van der Waals surface area contributed by atoms with E-state index in [0.717, 1.165) is 6.26 Å². The molecule has 0 heterocycles. The monoisotopic (exact) mass is 507 g/mol.